The third-order valence-electron chi connectivity index (χ3n) is 4.73. The van der Waals surface area contributed by atoms with Crippen LogP contribution in [0.25, 0.3) is 6.08 Å². The topological polar surface area (TPSA) is 38.8 Å². The molecule has 1 aliphatic rings. The highest BCUT2D eigenvalue weighted by molar-refractivity contribution is 8.27. The number of halogens is 3. The molecule has 1 aliphatic heterocycles. The van der Waals surface area contributed by atoms with Crippen LogP contribution in [-0.2, 0) is 11.4 Å². The molecule has 3 aromatic rings. The summed E-state index contributed by atoms with van der Waals surface area (Å²) in [4.78, 5) is 14.7. The number of thiocarbonyl (C=S) groups is 1. The first-order valence-corrected chi connectivity index (χ1v) is 11.6. The van der Waals surface area contributed by atoms with Crippen molar-refractivity contribution in [1.29, 1.82) is 0 Å². The molecule has 1 amide bonds. The van der Waals surface area contributed by atoms with E-state index in [1.54, 1.807) is 18.2 Å². The number of anilines is 1. The van der Waals surface area contributed by atoms with Gasteiger partial charge in [-0.15, -0.1) is 0 Å². The number of methoxy groups -OCH3 is 1. The Morgan fingerprint density at radius 1 is 1.09 bits per heavy atom. The predicted octanol–water partition coefficient (Wildman–Crippen LogP) is 7.13. The van der Waals surface area contributed by atoms with Crippen molar-refractivity contribution in [3.8, 4) is 11.5 Å². The molecule has 168 valence electrons. The van der Waals surface area contributed by atoms with Gasteiger partial charge in [-0.1, -0.05) is 77.5 Å². The van der Waals surface area contributed by atoms with Crippen molar-refractivity contribution in [3.63, 3.8) is 0 Å². The second kappa shape index (κ2) is 10.1. The molecule has 4 rings (SSSR count). The Bertz CT molecular complexity index is 1270. The van der Waals surface area contributed by atoms with E-state index in [0.717, 1.165) is 17.3 Å². The first-order valence-electron chi connectivity index (χ1n) is 9.64. The quantitative estimate of drug-likeness (QED) is 0.256. The van der Waals surface area contributed by atoms with Crippen molar-refractivity contribution >= 4 is 69.2 Å². The largest absolute Gasteiger partial charge is 0.493 e. The molecule has 1 fully saturated rings. The minimum atomic E-state index is -0.572. The van der Waals surface area contributed by atoms with E-state index in [4.69, 9.17) is 44.9 Å². The van der Waals surface area contributed by atoms with Gasteiger partial charge in [0.1, 0.15) is 12.4 Å². The summed E-state index contributed by atoms with van der Waals surface area (Å²) < 4.78 is 25.2. The number of carbonyl (C=O) groups is 1. The summed E-state index contributed by atoms with van der Waals surface area (Å²) >= 11 is 18.8. The molecule has 4 nitrogen and oxygen atoms in total. The van der Waals surface area contributed by atoms with Gasteiger partial charge in [-0.3, -0.25) is 9.69 Å². The third-order valence-corrected chi connectivity index (χ3v) is 6.60. The number of benzene rings is 3. The molecule has 0 N–H and O–H groups in total. The Balaban J connectivity index is 1.59. The number of rotatable bonds is 6. The number of carbonyl (C=O) groups excluding carboxylic acids is 1. The predicted molar refractivity (Wildman–Crippen MR) is 136 cm³/mol. The average molecular weight is 520 g/mol. The molecule has 0 aromatic heterocycles. The van der Waals surface area contributed by atoms with E-state index in [1.807, 2.05) is 30.3 Å². The zero-order valence-electron chi connectivity index (χ0n) is 17.2. The second-order valence-electron chi connectivity index (χ2n) is 6.92. The fourth-order valence-electron chi connectivity index (χ4n) is 3.16. The van der Waals surface area contributed by atoms with Crippen molar-refractivity contribution in [2.75, 3.05) is 12.0 Å². The summed E-state index contributed by atoms with van der Waals surface area (Å²) in [5.74, 6) is -0.0657. The zero-order chi connectivity index (χ0) is 23.5. The molecule has 33 heavy (non-hydrogen) atoms. The first kappa shape index (κ1) is 23.6. The van der Waals surface area contributed by atoms with Gasteiger partial charge in [0.05, 0.1) is 27.7 Å². The smallest absolute Gasteiger partial charge is 0.270 e. The van der Waals surface area contributed by atoms with Gasteiger partial charge in [0.15, 0.2) is 15.8 Å². The molecule has 0 bridgehead atoms. The van der Waals surface area contributed by atoms with Crippen LogP contribution in [0.1, 0.15) is 11.1 Å². The molecule has 0 radical (unpaired) electrons. The Morgan fingerprint density at radius 2 is 1.85 bits per heavy atom. The first-order chi connectivity index (χ1) is 15.9. The lowest BCUT2D eigenvalue weighted by Crippen LogP contribution is -2.27. The fourth-order valence-corrected chi connectivity index (χ4v) is 4.91. The van der Waals surface area contributed by atoms with Crippen molar-refractivity contribution in [2.24, 2.45) is 0 Å². The number of amides is 1. The van der Waals surface area contributed by atoms with E-state index in [2.05, 4.69) is 0 Å². The number of thioether (sulfide) groups is 1. The van der Waals surface area contributed by atoms with Gasteiger partial charge < -0.3 is 9.47 Å². The Kier molecular flexibility index (Phi) is 7.24. The molecule has 0 saturated carbocycles. The monoisotopic (exact) mass is 519 g/mol. The number of hydrogen-bond acceptors (Lipinski definition) is 5. The van der Waals surface area contributed by atoms with Crippen LogP contribution in [0, 0.1) is 5.82 Å². The minimum Gasteiger partial charge on any atom is -0.493 e. The molecule has 0 spiro atoms. The molecular weight excluding hydrogens is 504 g/mol. The highest BCUT2D eigenvalue weighted by atomic mass is 35.5. The molecule has 0 atom stereocenters. The summed E-state index contributed by atoms with van der Waals surface area (Å²) in [7, 11) is 1.52. The van der Waals surface area contributed by atoms with E-state index >= 15 is 0 Å². The highest BCUT2D eigenvalue weighted by Gasteiger charge is 2.33. The van der Waals surface area contributed by atoms with Crippen LogP contribution in [0.15, 0.2) is 65.6 Å². The summed E-state index contributed by atoms with van der Waals surface area (Å²) in [6.07, 6.45) is 1.67. The van der Waals surface area contributed by atoms with E-state index in [1.165, 1.54) is 30.2 Å². The van der Waals surface area contributed by atoms with Crippen LogP contribution < -0.4 is 14.4 Å². The van der Waals surface area contributed by atoms with Gasteiger partial charge in [0.25, 0.3) is 5.91 Å². The molecule has 0 unspecified atom stereocenters. The maximum Gasteiger partial charge on any atom is 0.270 e. The lowest BCUT2D eigenvalue weighted by Gasteiger charge is -2.15. The zero-order valence-corrected chi connectivity index (χ0v) is 20.3. The molecule has 3 aromatic carbocycles. The van der Waals surface area contributed by atoms with Gasteiger partial charge in [-0.05, 0) is 47.5 Å². The van der Waals surface area contributed by atoms with Crippen LogP contribution in [0.4, 0.5) is 10.1 Å². The maximum absolute atomic E-state index is 13.5. The van der Waals surface area contributed by atoms with Crippen LogP contribution in [0.2, 0.25) is 10.0 Å². The van der Waals surface area contributed by atoms with Crippen molar-refractivity contribution in [3.05, 3.63) is 92.6 Å². The lowest BCUT2D eigenvalue weighted by molar-refractivity contribution is -0.113. The van der Waals surface area contributed by atoms with E-state index in [0.29, 0.717) is 43.6 Å². The number of ether oxygens (including phenoxy) is 2. The van der Waals surface area contributed by atoms with Crippen LogP contribution in [0.3, 0.4) is 0 Å². The van der Waals surface area contributed by atoms with Crippen molar-refractivity contribution in [1.82, 2.24) is 0 Å². The van der Waals surface area contributed by atoms with Crippen LogP contribution in [0.5, 0.6) is 11.5 Å². The van der Waals surface area contributed by atoms with Crippen LogP contribution >= 0.6 is 47.2 Å². The second-order valence-corrected chi connectivity index (χ2v) is 9.41. The molecule has 1 heterocycles. The summed E-state index contributed by atoms with van der Waals surface area (Å²) in [5.41, 5.74) is 2.03. The third kappa shape index (κ3) is 5.17. The maximum atomic E-state index is 13.5. The summed E-state index contributed by atoms with van der Waals surface area (Å²) in [5, 5.41) is 0.255. The molecule has 9 heteroatoms. The number of nitrogens with zero attached hydrogens (tertiary/aromatic N) is 1. The highest BCUT2D eigenvalue weighted by Crippen LogP contribution is 2.40. The number of hydrogen-bond donors (Lipinski definition) is 0. The Hall–Kier alpha value is -2.58. The SMILES string of the molecule is COc1cc(/C=C2\SC(=S)N(c3ccc(F)c(Cl)c3)C2=O)cc(Cl)c1OCc1ccccc1. The fraction of sp³-hybridized carbons (Fsp3) is 0.0833. The van der Waals surface area contributed by atoms with Crippen molar-refractivity contribution in [2.45, 2.75) is 6.61 Å². The van der Waals surface area contributed by atoms with Gasteiger partial charge in [0.2, 0.25) is 0 Å². The molecular formula is C24H16Cl2FNO3S2. The van der Waals surface area contributed by atoms with E-state index in [9.17, 15) is 9.18 Å². The Morgan fingerprint density at radius 3 is 2.55 bits per heavy atom. The lowest BCUT2D eigenvalue weighted by atomic mass is 10.1. The van der Waals surface area contributed by atoms with E-state index < -0.39 is 5.82 Å². The summed E-state index contributed by atoms with van der Waals surface area (Å²) in [6, 6.07) is 17.1. The van der Waals surface area contributed by atoms with Crippen LogP contribution in [-0.4, -0.2) is 17.3 Å². The molecule has 0 aliphatic carbocycles. The average Bonchev–Trinajstić information content (AvgIpc) is 3.08. The normalized spacial score (nSPS) is 14.8. The van der Waals surface area contributed by atoms with Gasteiger partial charge in [-0.2, -0.15) is 0 Å². The van der Waals surface area contributed by atoms with Gasteiger partial charge >= 0.3 is 0 Å². The standard InChI is InChI=1S/C24H16Cl2FNO3S2/c1-30-20-10-15(9-18(26)22(20)31-13-14-5-3-2-4-6-14)11-21-23(29)28(24(32)33-21)16-7-8-19(27)17(25)12-16/h2-12H,13H2,1H3/b21-11-. The minimum absolute atomic E-state index is 0.0897. The Labute approximate surface area is 209 Å². The van der Waals surface area contributed by atoms with E-state index in [-0.39, 0.29) is 10.9 Å². The van der Waals surface area contributed by atoms with Gasteiger partial charge in [0, 0.05) is 0 Å². The van der Waals surface area contributed by atoms with Gasteiger partial charge in [-0.25, -0.2) is 4.39 Å². The summed E-state index contributed by atoms with van der Waals surface area (Å²) in [6.45, 7) is 0.329. The molecule has 1 saturated heterocycles. The van der Waals surface area contributed by atoms with Crippen molar-refractivity contribution < 1.29 is 18.7 Å².